The number of imidazole rings is 2. The zero-order valence-corrected chi connectivity index (χ0v) is 42.4. The van der Waals surface area contributed by atoms with Gasteiger partial charge < -0.3 is 30.1 Å². The van der Waals surface area contributed by atoms with Crippen molar-refractivity contribution in [1.82, 2.24) is 48.3 Å². The molecule has 18 heteroatoms. The van der Waals surface area contributed by atoms with Crippen molar-refractivity contribution in [3.63, 3.8) is 0 Å². The third-order valence-corrected chi connectivity index (χ3v) is 14.7. The van der Waals surface area contributed by atoms with E-state index in [9.17, 15) is 14.9 Å². The number of nitro groups is 1. The molecule has 0 spiro atoms. The maximum absolute atomic E-state index is 11.8. The van der Waals surface area contributed by atoms with Crippen LogP contribution in [0, 0.1) is 24.0 Å². The Labute approximate surface area is 412 Å². The number of piperidine rings is 2. The molecule has 70 heavy (non-hydrogen) atoms. The Kier molecular flexibility index (Phi) is 16.0. The molecule has 6 aromatic heterocycles. The molecule has 6 aromatic rings. The van der Waals surface area contributed by atoms with Crippen LogP contribution in [-0.2, 0) is 9.53 Å². The highest BCUT2D eigenvalue weighted by molar-refractivity contribution is 5.70. The van der Waals surface area contributed by atoms with Crippen LogP contribution in [0.5, 0.6) is 0 Å². The number of carbonyl (C=O) groups is 1. The fourth-order valence-electron chi connectivity index (χ4n) is 10.7. The molecule has 4 saturated heterocycles. The van der Waals surface area contributed by atoms with Gasteiger partial charge in [0.25, 0.3) is 0 Å². The second-order valence-electron chi connectivity index (χ2n) is 19.4. The molecule has 0 amide bonds. The quantitative estimate of drug-likeness (QED) is 0.0905. The highest BCUT2D eigenvalue weighted by Gasteiger charge is 2.35. The number of nitrogens with zero attached hydrogens (tertiary/aromatic N) is 13. The number of aromatic nitrogens is 6. The summed E-state index contributed by atoms with van der Waals surface area (Å²) in [5.74, 6) is 1.95. The first-order valence-electron chi connectivity index (χ1n) is 24.9. The number of carbonyl (C=O) groups excluding carboxylic acids is 1. The minimum Gasteiger partial charge on any atom is -0.466 e. The number of piperazine rings is 2. The van der Waals surface area contributed by atoms with Gasteiger partial charge in [-0.3, -0.25) is 43.5 Å². The molecule has 4 aliphatic rings. The molecular formula is C52H72N14O4. The fraction of sp³-hybridized carbons (Fsp3) is 0.519. The first-order valence-corrected chi connectivity index (χ1v) is 24.9. The summed E-state index contributed by atoms with van der Waals surface area (Å²) in [6.07, 6.45) is 14.5. The van der Waals surface area contributed by atoms with E-state index < -0.39 is 0 Å². The summed E-state index contributed by atoms with van der Waals surface area (Å²) in [5.41, 5.74) is 15.2. The largest absolute Gasteiger partial charge is 0.466 e. The van der Waals surface area contributed by atoms with Crippen molar-refractivity contribution in [3.8, 4) is 0 Å². The Morgan fingerprint density at radius 3 is 1.54 bits per heavy atom. The van der Waals surface area contributed by atoms with Crippen molar-refractivity contribution in [2.45, 2.75) is 90.4 Å². The molecule has 10 heterocycles. The molecule has 0 unspecified atom stereocenters. The van der Waals surface area contributed by atoms with Crippen LogP contribution in [0.4, 0.5) is 23.0 Å². The molecule has 0 aliphatic carbocycles. The van der Waals surface area contributed by atoms with E-state index >= 15 is 0 Å². The van der Waals surface area contributed by atoms with Gasteiger partial charge in [-0.05, 0) is 129 Å². The minimum absolute atomic E-state index is 0.0507. The molecule has 374 valence electrons. The van der Waals surface area contributed by atoms with Gasteiger partial charge in [-0.1, -0.05) is 12.1 Å². The van der Waals surface area contributed by atoms with Gasteiger partial charge in [0.2, 0.25) is 5.65 Å². The normalized spacial score (nSPS) is 21.8. The van der Waals surface area contributed by atoms with Crippen LogP contribution in [0.2, 0.25) is 0 Å². The number of rotatable bonds is 8. The molecule has 4 aliphatic heterocycles. The average molecular weight is 957 g/mol. The standard InChI is InChI=1S/C24H31N7O2.C24H33N7.C4H8O2/c1-17-6-5-11-25-23(17)20-8-4-7-19(28(20)3)18-16-30-22(29-14-12-27(2)13-15-29)10-9-21(31(32)33)24(30)26-18;1-17-6-5-11-26-23(17)21-8-4-7-20(29(21)3)19-16-31-22(10-9-18(25)24(31)27-19)30-14-12-28(2)13-15-30;1-3-6-4(2)5/h5-6,9-11,16,19-20H,4,7-8,12-15H2,1-3H3;5-6,9-11,16,20-21H,4,7-8,12-15,25H2,1-3H3;3H2,1-2H3/t19-,20+;20-,21+;/m00./s1. The van der Waals surface area contributed by atoms with Gasteiger partial charge in [0.05, 0.1) is 64.2 Å². The lowest BCUT2D eigenvalue weighted by Crippen LogP contribution is -2.45. The first-order chi connectivity index (χ1) is 33.7. The Balaban J connectivity index is 0.000000169. The Bertz CT molecular complexity index is 2740. The van der Waals surface area contributed by atoms with Crippen LogP contribution in [0.1, 0.15) is 110 Å². The number of pyridine rings is 4. The number of likely N-dealkylation sites (tertiary alicyclic amines) is 2. The van der Waals surface area contributed by atoms with E-state index in [2.05, 4.69) is 110 Å². The summed E-state index contributed by atoms with van der Waals surface area (Å²) in [5, 5.41) is 11.8. The monoisotopic (exact) mass is 957 g/mol. The first kappa shape index (κ1) is 50.2. The van der Waals surface area contributed by atoms with Crippen LogP contribution in [0.15, 0.2) is 73.3 Å². The van der Waals surface area contributed by atoms with Gasteiger partial charge in [-0.15, -0.1) is 0 Å². The number of aryl methyl sites for hydroxylation is 2. The fourth-order valence-corrected chi connectivity index (χ4v) is 10.7. The lowest BCUT2D eigenvalue weighted by molar-refractivity contribution is -0.383. The van der Waals surface area contributed by atoms with Gasteiger partial charge in [-0.25, -0.2) is 9.97 Å². The third-order valence-electron chi connectivity index (χ3n) is 14.7. The highest BCUT2D eigenvalue weighted by Crippen LogP contribution is 2.43. The van der Waals surface area contributed by atoms with E-state index in [1.54, 1.807) is 13.0 Å². The molecule has 18 nitrogen and oxygen atoms in total. The lowest BCUT2D eigenvalue weighted by atomic mass is 9.91. The van der Waals surface area contributed by atoms with E-state index in [1.807, 2.05) is 47.3 Å². The van der Waals surface area contributed by atoms with E-state index in [4.69, 9.17) is 20.7 Å². The number of fused-ring (bicyclic) bond motifs is 2. The number of nitrogen functional groups attached to an aromatic ring is 1. The summed E-state index contributed by atoms with van der Waals surface area (Å²) in [6.45, 7) is 15.8. The molecule has 10 rings (SSSR count). The van der Waals surface area contributed by atoms with Crippen molar-refractivity contribution >= 4 is 40.3 Å². The van der Waals surface area contributed by atoms with Crippen molar-refractivity contribution in [1.29, 1.82) is 0 Å². The Hall–Kier alpha value is -6.21. The smallest absolute Gasteiger partial charge is 0.312 e. The van der Waals surface area contributed by atoms with Crippen molar-refractivity contribution in [3.05, 3.63) is 117 Å². The van der Waals surface area contributed by atoms with E-state index in [0.717, 1.165) is 119 Å². The van der Waals surface area contributed by atoms with Crippen molar-refractivity contribution < 1.29 is 14.5 Å². The molecule has 0 bridgehead atoms. The maximum Gasteiger partial charge on any atom is 0.312 e. The number of hydrogen-bond donors (Lipinski definition) is 1. The Morgan fingerprint density at radius 2 is 1.11 bits per heavy atom. The van der Waals surface area contributed by atoms with Crippen molar-refractivity contribution in [2.24, 2.45) is 0 Å². The third kappa shape index (κ3) is 10.9. The Morgan fingerprint density at radius 1 is 0.671 bits per heavy atom. The van der Waals surface area contributed by atoms with E-state index in [0.29, 0.717) is 18.3 Å². The molecule has 2 N–H and O–H groups in total. The summed E-state index contributed by atoms with van der Waals surface area (Å²) in [7, 11) is 8.65. The average Bonchev–Trinajstić information content (AvgIpc) is 4.00. The predicted octanol–water partition coefficient (Wildman–Crippen LogP) is 7.44. The van der Waals surface area contributed by atoms with Crippen LogP contribution in [0.3, 0.4) is 0 Å². The molecular weight excluding hydrogens is 885 g/mol. The number of anilines is 3. The maximum atomic E-state index is 11.8. The zero-order valence-electron chi connectivity index (χ0n) is 42.4. The molecule has 0 aromatic carbocycles. The molecule has 0 saturated carbocycles. The van der Waals surface area contributed by atoms with E-state index in [1.165, 1.54) is 36.0 Å². The molecule has 4 atom stereocenters. The topological polar surface area (TPSA) is 175 Å². The minimum atomic E-state index is -0.329. The van der Waals surface area contributed by atoms with Crippen LogP contribution in [0.25, 0.3) is 11.3 Å². The zero-order chi connectivity index (χ0) is 49.6. The summed E-state index contributed by atoms with van der Waals surface area (Å²) in [6, 6.07) is 16.8. The number of likely N-dealkylation sites (N-methyl/N-ethyl adjacent to an activating group) is 2. The van der Waals surface area contributed by atoms with Crippen LogP contribution in [-0.4, -0.2) is 146 Å². The lowest BCUT2D eigenvalue weighted by Gasteiger charge is -2.39. The van der Waals surface area contributed by atoms with Gasteiger partial charge in [0.15, 0.2) is 5.65 Å². The van der Waals surface area contributed by atoms with Crippen molar-refractivity contribution in [2.75, 3.05) is 103 Å². The summed E-state index contributed by atoms with van der Waals surface area (Å²) >= 11 is 0. The number of ether oxygens (including phenoxy) is 1. The van der Waals surface area contributed by atoms with Gasteiger partial charge >= 0.3 is 11.7 Å². The number of hydrogen-bond acceptors (Lipinski definition) is 15. The van der Waals surface area contributed by atoms with Crippen LogP contribution < -0.4 is 15.5 Å². The SMILES string of the molecule is CCOC(C)=O.Cc1cccnc1[C@H]1CCC[C@@H](c2cn3c(N4CCN(C)CC4)ccc(N)c3n2)N1C.Cc1cccnc1[C@H]1CCC[C@@H](c2cn3c(N4CCN(C)CC4)ccc([N+](=O)[O-])c3n2)N1C. The number of nitrogens with two attached hydrogens (primary N) is 1. The molecule has 0 radical (unpaired) electrons. The summed E-state index contributed by atoms with van der Waals surface area (Å²) < 4.78 is 8.54. The van der Waals surface area contributed by atoms with Gasteiger partial charge in [0.1, 0.15) is 11.6 Å². The van der Waals surface area contributed by atoms with E-state index in [-0.39, 0.29) is 34.7 Å². The predicted molar refractivity (Wildman–Crippen MR) is 275 cm³/mol. The highest BCUT2D eigenvalue weighted by atomic mass is 16.6. The van der Waals surface area contributed by atoms with Crippen LogP contribution >= 0.6 is 0 Å². The number of esters is 1. The van der Waals surface area contributed by atoms with Gasteiger partial charge in [0, 0.05) is 90.1 Å². The van der Waals surface area contributed by atoms with Gasteiger partial charge in [-0.2, -0.15) is 0 Å². The second-order valence-corrected chi connectivity index (χ2v) is 19.4. The summed E-state index contributed by atoms with van der Waals surface area (Å²) in [4.78, 5) is 54.8. The second kappa shape index (κ2) is 22.3. The molecule has 4 fully saturated rings.